The highest BCUT2D eigenvalue weighted by molar-refractivity contribution is 5.85. The van der Waals surface area contributed by atoms with Crippen LogP contribution in [0.1, 0.15) is 51.4 Å². The molecule has 0 radical (unpaired) electrons. The first-order chi connectivity index (χ1) is 9.72. The van der Waals surface area contributed by atoms with Crippen LogP contribution >= 0.6 is 24.8 Å². The normalized spacial score (nSPS) is 25.0. The number of rotatable bonds is 4. The first-order valence-corrected chi connectivity index (χ1v) is 8.44. The minimum atomic E-state index is 0. The highest BCUT2D eigenvalue weighted by atomic mass is 35.5. The van der Waals surface area contributed by atoms with E-state index in [9.17, 15) is 4.79 Å². The SMILES string of the molecule is Cl.Cl.NCC1(CC(=O)N2CCN(C3CC3)CC2)CCCCC1. The van der Waals surface area contributed by atoms with Crippen molar-refractivity contribution in [2.75, 3.05) is 32.7 Å². The van der Waals surface area contributed by atoms with Crippen LogP contribution in [-0.2, 0) is 4.79 Å². The minimum Gasteiger partial charge on any atom is -0.340 e. The number of nitrogens with zero attached hydrogens (tertiary/aromatic N) is 2. The zero-order valence-electron chi connectivity index (χ0n) is 13.5. The lowest BCUT2D eigenvalue weighted by Gasteiger charge is -2.39. The van der Waals surface area contributed by atoms with Crippen molar-refractivity contribution in [3.8, 4) is 0 Å². The summed E-state index contributed by atoms with van der Waals surface area (Å²) < 4.78 is 0. The third-order valence-electron chi connectivity index (χ3n) is 5.60. The molecule has 2 saturated carbocycles. The molecule has 0 atom stereocenters. The highest BCUT2D eigenvalue weighted by Gasteiger charge is 2.36. The highest BCUT2D eigenvalue weighted by Crippen LogP contribution is 2.39. The van der Waals surface area contributed by atoms with E-state index in [1.165, 1.54) is 32.1 Å². The van der Waals surface area contributed by atoms with Gasteiger partial charge in [0.15, 0.2) is 0 Å². The number of nitrogens with two attached hydrogens (primary N) is 1. The average molecular weight is 352 g/mol. The molecule has 3 fully saturated rings. The topological polar surface area (TPSA) is 49.6 Å². The van der Waals surface area contributed by atoms with Gasteiger partial charge in [-0.05, 0) is 37.6 Å². The van der Waals surface area contributed by atoms with Gasteiger partial charge in [0, 0.05) is 38.6 Å². The largest absolute Gasteiger partial charge is 0.340 e. The van der Waals surface area contributed by atoms with Crippen LogP contribution in [0, 0.1) is 5.41 Å². The van der Waals surface area contributed by atoms with Gasteiger partial charge in [-0.25, -0.2) is 0 Å². The summed E-state index contributed by atoms with van der Waals surface area (Å²) in [6.45, 7) is 4.69. The number of carbonyl (C=O) groups excluding carboxylic acids is 1. The van der Waals surface area contributed by atoms with Crippen LogP contribution in [0.25, 0.3) is 0 Å². The summed E-state index contributed by atoms with van der Waals surface area (Å²) in [5.74, 6) is 0.354. The van der Waals surface area contributed by atoms with Crippen LogP contribution in [0.2, 0.25) is 0 Å². The molecule has 0 aromatic rings. The number of piperazine rings is 1. The van der Waals surface area contributed by atoms with E-state index in [2.05, 4.69) is 9.80 Å². The second-order valence-electron chi connectivity index (χ2n) is 7.09. The summed E-state index contributed by atoms with van der Waals surface area (Å²) in [5, 5.41) is 0. The van der Waals surface area contributed by atoms with E-state index in [1.54, 1.807) is 0 Å². The molecule has 1 saturated heterocycles. The lowest BCUT2D eigenvalue weighted by Crippen LogP contribution is -2.50. The molecule has 2 N–H and O–H groups in total. The van der Waals surface area contributed by atoms with Gasteiger partial charge in [0.25, 0.3) is 0 Å². The van der Waals surface area contributed by atoms with Crippen molar-refractivity contribution >= 4 is 30.7 Å². The Morgan fingerprint density at radius 2 is 1.59 bits per heavy atom. The zero-order valence-corrected chi connectivity index (χ0v) is 15.1. The minimum absolute atomic E-state index is 0. The van der Waals surface area contributed by atoms with Crippen molar-refractivity contribution < 1.29 is 4.79 Å². The molecule has 1 heterocycles. The number of halogens is 2. The Hall–Kier alpha value is -0.0300. The van der Waals surface area contributed by atoms with Gasteiger partial charge in [-0.1, -0.05) is 19.3 Å². The lowest BCUT2D eigenvalue weighted by atomic mass is 9.71. The lowest BCUT2D eigenvalue weighted by molar-refractivity contribution is -0.136. The van der Waals surface area contributed by atoms with Gasteiger partial charge in [0.1, 0.15) is 0 Å². The number of hydrogen-bond acceptors (Lipinski definition) is 3. The van der Waals surface area contributed by atoms with Gasteiger partial charge in [-0.3, -0.25) is 9.69 Å². The molecule has 0 aromatic heterocycles. The van der Waals surface area contributed by atoms with Crippen LogP contribution in [0.4, 0.5) is 0 Å². The molecule has 130 valence electrons. The molecular weight excluding hydrogens is 321 g/mol. The summed E-state index contributed by atoms with van der Waals surface area (Å²) >= 11 is 0. The van der Waals surface area contributed by atoms with Gasteiger partial charge in [-0.15, -0.1) is 24.8 Å². The molecule has 3 rings (SSSR count). The maximum atomic E-state index is 12.6. The quantitative estimate of drug-likeness (QED) is 0.846. The molecule has 4 nitrogen and oxygen atoms in total. The molecule has 0 bridgehead atoms. The second-order valence-corrected chi connectivity index (χ2v) is 7.09. The Kier molecular flexibility index (Phi) is 7.93. The van der Waals surface area contributed by atoms with E-state index in [4.69, 9.17) is 5.73 Å². The van der Waals surface area contributed by atoms with Gasteiger partial charge in [0.2, 0.25) is 5.91 Å². The van der Waals surface area contributed by atoms with E-state index in [0.717, 1.165) is 45.1 Å². The van der Waals surface area contributed by atoms with E-state index < -0.39 is 0 Å². The van der Waals surface area contributed by atoms with Crippen molar-refractivity contribution in [3.05, 3.63) is 0 Å². The van der Waals surface area contributed by atoms with Crippen molar-refractivity contribution in [2.45, 2.75) is 57.4 Å². The van der Waals surface area contributed by atoms with Crippen LogP contribution in [-0.4, -0.2) is 54.5 Å². The molecule has 1 aliphatic heterocycles. The Balaban J connectivity index is 0.00000121. The fourth-order valence-electron chi connectivity index (χ4n) is 3.96. The van der Waals surface area contributed by atoms with Crippen molar-refractivity contribution in [3.63, 3.8) is 0 Å². The van der Waals surface area contributed by atoms with Crippen LogP contribution in [0.3, 0.4) is 0 Å². The average Bonchev–Trinajstić information content (AvgIpc) is 3.33. The Morgan fingerprint density at radius 3 is 2.09 bits per heavy atom. The third-order valence-corrected chi connectivity index (χ3v) is 5.60. The molecule has 2 aliphatic carbocycles. The fraction of sp³-hybridized carbons (Fsp3) is 0.938. The summed E-state index contributed by atoms with van der Waals surface area (Å²) in [5.41, 5.74) is 6.12. The van der Waals surface area contributed by atoms with E-state index in [1.807, 2.05) is 0 Å². The Morgan fingerprint density at radius 1 is 1.00 bits per heavy atom. The maximum absolute atomic E-state index is 12.6. The molecule has 1 amide bonds. The fourth-order valence-corrected chi connectivity index (χ4v) is 3.96. The van der Waals surface area contributed by atoms with Gasteiger partial charge < -0.3 is 10.6 Å². The molecule has 0 unspecified atom stereocenters. The van der Waals surface area contributed by atoms with Gasteiger partial charge >= 0.3 is 0 Å². The van der Waals surface area contributed by atoms with Gasteiger partial charge in [-0.2, -0.15) is 0 Å². The van der Waals surface area contributed by atoms with Gasteiger partial charge in [0.05, 0.1) is 0 Å². The maximum Gasteiger partial charge on any atom is 0.223 e. The summed E-state index contributed by atoms with van der Waals surface area (Å²) in [7, 11) is 0. The number of carbonyl (C=O) groups is 1. The Labute approximate surface area is 147 Å². The summed E-state index contributed by atoms with van der Waals surface area (Å²) in [4.78, 5) is 17.2. The first kappa shape index (κ1) is 20.0. The van der Waals surface area contributed by atoms with E-state index >= 15 is 0 Å². The van der Waals surface area contributed by atoms with Crippen molar-refractivity contribution in [1.82, 2.24) is 9.80 Å². The molecule has 22 heavy (non-hydrogen) atoms. The number of hydrogen-bond donors (Lipinski definition) is 1. The van der Waals surface area contributed by atoms with Crippen LogP contribution in [0.5, 0.6) is 0 Å². The van der Waals surface area contributed by atoms with Crippen LogP contribution in [0.15, 0.2) is 0 Å². The monoisotopic (exact) mass is 351 g/mol. The summed E-state index contributed by atoms with van der Waals surface area (Å²) in [6.07, 6.45) is 9.53. The van der Waals surface area contributed by atoms with E-state index in [0.29, 0.717) is 18.9 Å². The number of amides is 1. The van der Waals surface area contributed by atoms with Crippen LogP contribution < -0.4 is 5.73 Å². The summed E-state index contributed by atoms with van der Waals surface area (Å²) in [6, 6.07) is 0.834. The predicted octanol–water partition coefficient (Wildman–Crippen LogP) is 2.44. The molecular formula is C16H31Cl2N3O. The van der Waals surface area contributed by atoms with Crippen molar-refractivity contribution in [1.29, 1.82) is 0 Å². The van der Waals surface area contributed by atoms with E-state index in [-0.39, 0.29) is 30.2 Å². The second kappa shape index (κ2) is 8.72. The third kappa shape index (κ3) is 4.73. The van der Waals surface area contributed by atoms with Crippen molar-refractivity contribution in [2.24, 2.45) is 11.1 Å². The smallest absolute Gasteiger partial charge is 0.223 e. The molecule has 0 aromatic carbocycles. The predicted molar refractivity (Wildman–Crippen MR) is 94.9 cm³/mol. The molecule has 0 spiro atoms. The first-order valence-electron chi connectivity index (χ1n) is 8.44. The zero-order chi connectivity index (χ0) is 14.0. The Bertz CT molecular complexity index is 349. The standard InChI is InChI=1S/C16H29N3O.2ClH/c17-13-16(6-2-1-3-7-16)12-15(20)19-10-8-18(9-11-19)14-4-5-14;;/h14H,1-13,17H2;2*1H. The molecule has 6 heteroatoms. The molecule has 3 aliphatic rings.